The third-order valence-corrected chi connectivity index (χ3v) is 4.83. The Kier molecular flexibility index (Phi) is 6.88. The number of imidazole rings is 1. The topological polar surface area (TPSA) is 141 Å². The first kappa shape index (κ1) is 21.8. The van der Waals surface area contributed by atoms with Gasteiger partial charge in [-0.05, 0) is 19.1 Å². The third kappa shape index (κ3) is 5.39. The molecule has 0 unspecified atom stereocenters. The van der Waals surface area contributed by atoms with Crippen LogP contribution in [0.2, 0.25) is 0 Å². The van der Waals surface area contributed by atoms with E-state index in [0.717, 1.165) is 0 Å². The lowest BCUT2D eigenvalue weighted by Gasteiger charge is -2.04. The number of aliphatic imine (C=N–C) groups is 1. The van der Waals surface area contributed by atoms with Crippen molar-refractivity contribution in [3.05, 3.63) is 75.2 Å². The molecule has 0 saturated heterocycles. The standard InChI is InChI=1S/C20H21FN8OS/c1-12(21)7-5-3-4-6-8-24-14(19-25-9-10-31-19)11-13(22)17-26-16(23)15-18(27-17)28-20(30)29(15)2/h3-7,9-11H,8,22H2,1-2H3,(H3,23,26,27,28,30)/b5-3-,6-4+,12-7+,13-11?,24-14?. The molecule has 0 amide bonds. The third-order valence-electron chi connectivity index (χ3n) is 4.03. The van der Waals surface area contributed by atoms with Gasteiger partial charge in [0.25, 0.3) is 0 Å². The summed E-state index contributed by atoms with van der Waals surface area (Å²) in [6, 6.07) is 0. The van der Waals surface area contributed by atoms with Gasteiger partial charge >= 0.3 is 5.69 Å². The molecule has 31 heavy (non-hydrogen) atoms. The Morgan fingerprint density at radius 3 is 2.87 bits per heavy atom. The number of aromatic amines is 1. The predicted octanol–water partition coefficient (Wildman–Crippen LogP) is 2.47. The van der Waals surface area contributed by atoms with Crippen LogP contribution in [0.1, 0.15) is 17.8 Å². The normalized spacial score (nSPS) is 13.8. The van der Waals surface area contributed by atoms with Gasteiger partial charge in [0.05, 0.1) is 23.8 Å². The van der Waals surface area contributed by atoms with Gasteiger partial charge in [-0.15, -0.1) is 11.3 Å². The Bertz CT molecular complexity index is 1270. The van der Waals surface area contributed by atoms with Gasteiger partial charge in [0.2, 0.25) is 0 Å². The van der Waals surface area contributed by atoms with E-state index in [4.69, 9.17) is 11.5 Å². The molecule has 0 saturated carbocycles. The average Bonchev–Trinajstić information content (AvgIpc) is 3.34. The molecule has 5 N–H and O–H groups in total. The molecule has 3 heterocycles. The van der Waals surface area contributed by atoms with E-state index < -0.39 is 0 Å². The Morgan fingerprint density at radius 1 is 1.35 bits per heavy atom. The van der Waals surface area contributed by atoms with E-state index in [-0.39, 0.29) is 28.9 Å². The lowest BCUT2D eigenvalue weighted by molar-refractivity contribution is 0.640. The molecule has 11 heteroatoms. The van der Waals surface area contributed by atoms with Gasteiger partial charge in [-0.25, -0.2) is 24.1 Å². The fourth-order valence-corrected chi connectivity index (χ4v) is 3.20. The van der Waals surface area contributed by atoms with Crippen LogP contribution in [0.25, 0.3) is 16.9 Å². The first-order valence-electron chi connectivity index (χ1n) is 9.16. The zero-order valence-corrected chi connectivity index (χ0v) is 17.7. The summed E-state index contributed by atoms with van der Waals surface area (Å²) in [5, 5.41) is 2.50. The molecule has 0 aromatic carbocycles. The molecule has 0 aliphatic carbocycles. The van der Waals surface area contributed by atoms with Crippen molar-refractivity contribution >= 4 is 39.7 Å². The van der Waals surface area contributed by atoms with E-state index in [2.05, 4.69) is 24.9 Å². The number of nitrogens with one attached hydrogen (secondary N) is 1. The number of thiazole rings is 1. The smallest absolute Gasteiger partial charge is 0.327 e. The first-order chi connectivity index (χ1) is 14.9. The fraction of sp³-hybridized carbons (Fsp3) is 0.150. The minimum atomic E-state index is -0.348. The van der Waals surface area contributed by atoms with E-state index in [1.807, 2.05) is 11.5 Å². The summed E-state index contributed by atoms with van der Waals surface area (Å²) in [5.74, 6) is 0.0372. The molecule has 0 fully saturated rings. The summed E-state index contributed by atoms with van der Waals surface area (Å²) in [4.78, 5) is 31.8. The number of nitrogens with two attached hydrogens (primary N) is 2. The Hall–Kier alpha value is -3.86. The maximum Gasteiger partial charge on any atom is 0.327 e. The second-order valence-corrected chi connectivity index (χ2v) is 7.24. The molecule has 3 aromatic heterocycles. The summed E-state index contributed by atoms with van der Waals surface area (Å²) >= 11 is 1.41. The van der Waals surface area contributed by atoms with E-state index in [1.54, 1.807) is 37.5 Å². The number of hydrogen-bond acceptors (Lipinski definition) is 8. The number of fused-ring (bicyclic) bond motifs is 1. The van der Waals surface area contributed by atoms with Crippen LogP contribution in [0.5, 0.6) is 0 Å². The average molecular weight is 441 g/mol. The summed E-state index contributed by atoms with van der Waals surface area (Å²) in [7, 11) is 1.57. The van der Waals surface area contributed by atoms with Crippen LogP contribution in [0.15, 0.2) is 63.6 Å². The molecule has 0 bridgehead atoms. The number of nitrogens with zero attached hydrogens (tertiary/aromatic N) is 5. The highest BCUT2D eigenvalue weighted by Crippen LogP contribution is 2.17. The number of anilines is 1. The summed E-state index contributed by atoms with van der Waals surface area (Å²) in [5.41, 5.74) is 13.3. The summed E-state index contributed by atoms with van der Waals surface area (Å²) < 4.78 is 14.0. The molecular weight excluding hydrogens is 419 g/mol. The highest BCUT2D eigenvalue weighted by molar-refractivity contribution is 7.11. The summed E-state index contributed by atoms with van der Waals surface area (Å²) in [6.07, 6.45) is 11.5. The van der Waals surface area contributed by atoms with Crippen LogP contribution in [0, 0.1) is 0 Å². The van der Waals surface area contributed by atoms with Crippen molar-refractivity contribution in [2.45, 2.75) is 6.92 Å². The van der Waals surface area contributed by atoms with Crippen molar-refractivity contribution in [3.8, 4) is 0 Å². The number of halogens is 1. The van der Waals surface area contributed by atoms with Crippen LogP contribution in [-0.2, 0) is 7.05 Å². The quantitative estimate of drug-likeness (QED) is 0.381. The molecule has 0 radical (unpaired) electrons. The molecule has 0 atom stereocenters. The number of rotatable bonds is 7. The number of allylic oxidation sites excluding steroid dienone is 6. The lowest BCUT2D eigenvalue weighted by Crippen LogP contribution is -2.12. The minimum absolute atomic E-state index is 0.136. The molecule has 9 nitrogen and oxygen atoms in total. The lowest BCUT2D eigenvalue weighted by atomic mass is 10.2. The largest absolute Gasteiger partial charge is 0.396 e. The minimum Gasteiger partial charge on any atom is -0.396 e. The maximum absolute atomic E-state index is 12.6. The van der Waals surface area contributed by atoms with Crippen LogP contribution < -0.4 is 17.2 Å². The van der Waals surface area contributed by atoms with E-state index in [1.165, 1.54) is 28.9 Å². The van der Waals surface area contributed by atoms with E-state index in [0.29, 0.717) is 28.4 Å². The van der Waals surface area contributed by atoms with Crippen LogP contribution in [0.4, 0.5) is 10.2 Å². The highest BCUT2D eigenvalue weighted by atomic mass is 32.1. The zero-order valence-electron chi connectivity index (χ0n) is 16.9. The fourth-order valence-electron chi connectivity index (χ4n) is 2.59. The number of aryl methyl sites for hydroxylation is 1. The van der Waals surface area contributed by atoms with E-state index >= 15 is 0 Å². The van der Waals surface area contributed by atoms with Gasteiger partial charge in [-0.1, -0.05) is 24.3 Å². The molecule has 0 aliphatic heterocycles. The second kappa shape index (κ2) is 9.76. The first-order valence-corrected chi connectivity index (χ1v) is 10.0. The summed E-state index contributed by atoms with van der Waals surface area (Å²) in [6.45, 7) is 1.73. The number of H-pyrrole nitrogens is 1. The molecule has 0 aliphatic rings. The SMILES string of the molecule is C\C(F)=C/C=C\C=C\CN=C(C=C(N)c1nc(N)c2c(n1)[nH]c(=O)n2C)c1nccs1. The van der Waals surface area contributed by atoms with Gasteiger partial charge in [0, 0.05) is 18.6 Å². The van der Waals surface area contributed by atoms with Crippen LogP contribution in [0.3, 0.4) is 0 Å². The second-order valence-electron chi connectivity index (χ2n) is 6.35. The number of aromatic nitrogens is 5. The van der Waals surface area contributed by atoms with Crippen molar-refractivity contribution in [2.24, 2.45) is 17.8 Å². The molecule has 0 spiro atoms. The zero-order chi connectivity index (χ0) is 22.4. The van der Waals surface area contributed by atoms with E-state index in [9.17, 15) is 9.18 Å². The van der Waals surface area contributed by atoms with Crippen molar-refractivity contribution in [1.82, 2.24) is 24.5 Å². The number of nitrogen functional groups attached to an aromatic ring is 1. The van der Waals surface area contributed by atoms with Gasteiger partial charge in [0.1, 0.15) is 10.5 Å². The molecule has 3 aromatic rings. The predicted molar refractivity (Wildman–Crippen MR) is 122 cm³/mol. The van der Waals surface area contributed by atoms with Gasteiger partial charge in [0.15, 0.2) is 17.3 Å². The maximum atomic E-state index is 12.6. The van der Waals surface area contributed by atoms with Crippen molar-refractivity contribution in [2.75, 3.05) is 12.3 Å². The highest BCUT2D eigenvalue weighted by Gasteiger charge is 2.14. The van der Waals surface area contributed by atoms with Gasteiger partial charge in [-0.3, -0.25) is 14.5 Å². The molecule has 160 valence electrons. The van der Waals surface area contributed by atoms with Crippen LogP contribution >= 0.6 is 11.3 Å². The Labute approximate surface area is 181 Å². The van der Waals surface area contributed by atoms with Crippen LogP contribution in [-0.4, -0.2) is 36.8 Å². The Morgan fingerprint density at radius 2 is 2.16 bits per heavy atom. The van der Waals surface area contributed by atoms with Gasteiger partial charge < -0.3 is 11.5 Å². The van der Waals surface area contributed by atoms with Crippen molar-refractivity contribution in [1.29, 1.82) is 0 Å². The van der Waals surface area contributed by atoms with Crippen molar-refractivity contribution < 1.29 is 4.39 Å². The monoisotopic (exact) mass is 440 g/mol. The molecule has 3 rings (SSSR count). The van der Waals surface area contributed by atoms with Gasteiger partial charge in [-0.2, -0.15) is 0 Å². The van der Waals surface area contributed by atoms with Crippen molar-refractivity contribution in [3.63, 3.8) is 0 Å². The number of hydrogen-bond donors (Lipinski definition) is 3. The Balaban J connectivity index is 1.89. The molecular formula is C20H21FN8OS.